The Hall–Kier alpha value is -2.17. The smallest absolute Gasteiger partial charge is 0.228 e. The van der Waals surface area contributed by atoms with Gasteiger partial charge in [-0.3, -0.25) is 4.79 Å². The molecule has 3 atom stereocenters. The Labute approximate surface area is 167 Å². The van der Waals surface area contributed by atoms with Crippen LogP contribution < -0.4 is 0 Å². The van der Waals surface area contributed by atoms with Gasteiger partial charge in [-0.1, -0.05) is 54.6 Å². The third-order valence-corrected chi connectivity index (χ3v) is 5.86. The van der Waals surface area contributed by atoms with E-state index in [4.69, 9.17) is 4.74 Å². The lowest BCUT2D eigenvalue weighted by Crippen LogP contribution is -2.52. The fourth-order valence-electron chi connectivity index (χ4n) is 4.50. The minimum Gasteiger partial charge on any atom is -0.373 e. The summed E-state index contributed by atoms with van der Waals surface area (Å²) >= 11 is 0. The molecule has 4 nitrogen and oxygen atoms in total. The van der Waals surface area contributed by atoms with Crippen molar-refractivity contribution in [3.63, 3.8) is 0 Å². The molecule has 2 aromatic rings. The van der Waals surface area contributed by atoms with Gasteiger partial charge in [0.2, 0.25) is 5.91 Å². The van der Waals surface area contributed by atoms with E-state index in [1.54, 1.807) is 18.7 Å². The first-order chi connectivity index (χ1) is 13.4. The number of carbonyl (C=O) groups is 1. The van der Waals surface area contributed by atoms with Gasteiger partial charge in [-0.05, 0) is 56.2 Å². The summed E-state index contributed by atoms with van der Waals surface area (Å²) in [4.78, 5) is 15.5. The summed E-state index contributed by atoms with van der Waals surface area (Å²) in [6, 6.07) is 18.3. The predicted molar refractivity (Wildman–Crippen MR) is 109 cm³/mol. The standard InChI is InChI=1S/C24H29NO3/c1-24(2,27)25(22-13-12-18-10-6-7-11-21(18)22)23(26)19(15-20-16-28-20)14-17-8-4-3-5-9-17/h3-11,19-20,22,27H,12-16H2,1-2H3. The zero-order valence-corrected chi connectivity index (χ0v) is 16.7. The molecule has 1 N–H and O–H groups in total. The summed E-state index contributed by atoms with van der Waals surface area (Å²) in [5.74, 6) is -0.178. The number of rotatable bonds is 7. The maximum absolute atomic E-state index is 13.8. The molecule has 0 spiro atoms. The van der Waals surface area contributed by atoms with E-state index >= 15 is 0 Å². The van der Waals surface area contributed by atoms with Crippen LogP contribution in [0.3, 0.4) is 0 Å². The molecule has 4 heteroatoms. The lowest BCUT2D eigenvalue weighted by molar-refractivity contribution is -0.165. The van der Waals surface area contributed by atoms with E-state index in [1.165, 1.54) is 11.1 Å². The zero-order chi connectivity index (χ0) is 19.7. The van der Waals surface area contributed by atoms with E-state index in [-0.39, 0.29) is 24.0 Å². The number of epoxide rings is 1. The normalized spacial score (nSPS) is 21.8. The monoisotopic (exact) mass is 379 g/mol. The summed E-state index contributed by atoms with van der Waals surface area (Å²) in [7, 11) is 0. The van der Waals surface area contributed by atoms with Gasteiger partial charge in [-0.25, -0.2) is 0 Å². The Morgan fingerprint density at radius 1 is 1.18 bits per heavy atom. The van der Waals surface area contributed by atoms with Crippen LogP contribution in [0.1, 0.15) is 49.4 Å². The average molecular weight is 380 g/mol. The van der Waals surface area contributed by atoms with Crippen molar-refractivity contribution in [2.75, 3.05) is 6.61 Å². The van der Waals surface area contributed by atoms with Crippen LogP contribution in [-0.2, 0) is 22.4 Å². The molecule has 1 aliphatic heterocycles. The third-order valence-electron chi connectivity index (χ3n) is 5.86. The number of ether oxygens (including phenoxy) is 1. The molecule has 0 radical (unpaired) electrons. The Bertz CT molecular complexity index is 823. The van der Waals surface area contributed by atoms with Crippen LogP contribution in [0.15, 0.2) is 54.6 Å². The Morgan fingerprint density at radius 2 is 1.86 bits per heavy atom. The molecule has 4 rings (SSSR count). The molecule has 0 aromatic heterocycles. The second kappa shape index (κ2) is 7.69. The quantitative estimate of drug-likeness (QED) is 0.587. The van der Waals surface area contributed by atoms with Crippen molar-refractivity contribution in [1.82, 2.24) is 4.90 Å². The molecule has 1 aliphatic carbocycles. The second-order valence-corrected chi connectivity index (χ2v) is 8.53. The van der Waals surface area contributed by atoms with Crippen LogP contribution >= 0.6 is 0 Å². The molecule has 1 heterocycles. The molecule has 2 aliphatic rings. The van der Waals surface area contributed by atoms with E-state index in [2.05, 4.69) is 24.3 Å². The largest absolute Gasteiger partial charge is 0.373 e. The van der Waals surface area contributed by atoms with Gasteiger partial charge >= 0.3 is 0 Å². The number of fused-ring (bicyclic) bond motifs is 1. The highest BCUT2D eigenvalue weighted by Gasteiger charge is 2.42. The Morgan fingerprint density at radius 3 is 2.54 bits per heavy atom. The zero-order valence-electron chi connectivity index (χ0n) is 16.7. The fraction of sp³-hybridized carbons (Fsp3) is 0.458. The van der Waals surface area contributed by atoms with E-state index in [1.807, 2.05) is 30.3 Å². The van der Waals surface area contributed by atoms with Gasteiger partial charge in [0.05, 0.1) is 18.8 Å². The van der Waals surface area contributed by atoms with Crippen LogP contribution in [0, 0.1) is 5.92 Å². The number of amides is 1. The van der Waals surface area contributed by atoms with E-state index in [0.29, 0.717) is 12.8 Å². The summed E-state index contributed by atoms with van der Waals surface area (Å²) in [6.45, 7) is 4.17. The highest BCUT2D eigenvalue weighted by atomic mass is 16.6. The minimum absolute atomic E-state index is 0.0218. The molecule has 2 aromatic carbocycles. The average Bonchev–Trinajstić information content (AvgIpc) is 3.39. The van der Waals surface area contributed by atoms with Crippen molar-refractivity contribution >= 4 is 5.91 Å². The SMILES string of the molecule is CC(C)(O)N(C(=O)C(Cc1ccccc1)CC1CO1)C1CCc2ccccc21. The van der Waals surface area contributed by atoms with Gasteiger partial charge in [-0.2, -0.15) is 0 Å². The number of nitrogens with zero attached hydrogens (tertiary/aromatic N) is 1. The van der Waals surface area contributed by atoms with Crippen molar-refractivity contribution in [3.8, 4) is 0 Å². The molecule has 1 fully saturated rings. The molecule has 3 unspecified atom stereocenters. The maximum Gasteiger partial charge on any atom is 0.228 e. The first-order valence-corrected chi connectivity index (χ1v) is 10.2. The number of benzene rings is 2. The van der Waals surface area contributed by atoms with Crippen molar-refractivity contribution in [1.29, 1.82) is 0 Å². The lowest BCUT2D eigenvalue weighted by atomic mass is 9.91. The first kappa shape index (κ1) is 19.2. The third kappa shape index (κ3) is 4.13. The number of carbonyl (C=O) groups excluding carboxylic acids is 1. The minimum atomic E-state index is -1.22. The second-order valence-electron chi connectivity index (χ2n) is 8.53. The predicted octanol–water partition coefficient (Wildman–Crippen LogP) is 3.88. The summed E-state index contributed by atoms with van der Waals surface area (Å²) in [6.07, 6.45) is 3.33. The van der Waals surface area contributed by atoms with E-state index < -0.39 is 5.72 Å². The molecular formula is C24H29NO3. The Balaban J connectivity index is 1.63. The van der Waals surface area contributed by atoms with Gasteiger partial charge < -0.3 is 14.7 Å². The van der Waals surface area contributed by atoms with Crippen LogP contribution in [0.4, 0.5) is 0 Å². The summed E-state index contributed by atoms with van der Waals surface area (Å²) in [5.41, 5.74) is 2.36. The van der Waals surface area contributed by atoms with E-state index in [9.17, 15) is 9.90 Å². The Kier molecular flexibility index (Phi) is 5.26. The number of aliphatic hydroxyl groups is 1. The summed E-state index contributed by atoms with van der Waals surface area (Å²) in [5, 5.41) is 11.0. The van der Waals surface area contributed by atoms with Crippen molar-refractivity contribution in [2.24, 2.45) is 5.92 Å². The van der Waals surface area contributed by atoms with Crippen LogP contribution in [0.25, 0.3) is 0 Å². The number of hydrogen-bond donors (Lipinski definition) is 1. The first-order valence-electron chi connectivity index (χ1n) is 10.2. The molecule has 0 bridgehead atoms. The molecule has 1 amide bonds. The summed E-state index contributed by atoms with van der Waals surface area (Å²) < 4.78 is 5.44. The number of aryl methyl sites for hydroxylation is 1. The van der Waals surface area contributed by atoms with Crippen molar-refractivity contribution in [3.05, 3.63) is 71.3 Å². The molecule has 1 saturated heterocycles. The fourth-order valence-corrected chi connectivity index (χ4v) is 4.50. The topological polar surface area (TPSA) is 53.1 Å². The van der Waals surface area contributed by atoms with Crippen LogP contribution in [0.2, 0.25) is 0 Å². The molecular weight excluding hydrogens is 350 g/mol. The van der Waals surface area contributed by atoms with Gasteiger partial charge in [0.1, 0.15) is 5.72 Å². The van der Waals surface area contributed by atoms with Gasteiger partial charge in [0.25, 0.3) is 0 Å². The van der Waals surface area contributed by atoms with Gasteiger partial charge in [0.15, 0.2) is 0 Å². The van der Waals surface area contributed by atoms with E-state index in [0.717, 1.165) is 25.0 Å². The lowest BCUT2D eigenvalue weighted by Gasteiger charge is -2.41. The number of hydrogen-bond acceptors (Lipinski definition) is 3. The maximum atomic E-state index is 13.8. The highest BCUT2D eigenvalue weighted by molar-refractivity contribution is 5.80. The molecule has 0 saturated carbocycles. The molecule has 28 heavy (non-hydrogen) atoms. The van der Waals surface area contributed by atoms with Crippen LogP contribution in [0.5, 0.6) is 0 Å². The molecule has 148 valence electrons. The van der Waals surface area contributed by atoms with Crippen molar-refractivity contribution < 1.29 is 14.6 Å². The highest BCUT2D eigenvalue weighted by Crippen LogP contribution is 2.40. The van der Waals surface area contributed by atoms with Gasteiger partial charge in [-0.15, -0.1) is 0 Å². The van der Waals surface area contributed by atoms with Crippen molar-refractivity contribution in [2.45, 2.75) is 57.4 Å². The van der Waals surface area contributed by atoms with Gasteiger partial charge in [0, 0.05) is 5.92 Å². The van der Waals surface area contributed by atoms with Crippen LogP contribution in [-0.4, -0.2) is 34.3 Å².